The Morgan fingerprint density at radius 3 is 2.17 bits per heavy atom. The Morgan fingerprint density at radius 1 is 1.22 bits per heavy atom. The van der Waals surface area contributed by atoms with Gasteiger partial charge in [0.1, 0.15) is 0 Å². The van der Waals surface area contributed by atoms with Crippen LogP contribution >= 0.6 is 0 Å². The van der Waals surface area contributed by atoms with E-state index in [-0.39, 0.29) is 5.92 Å². The number of esters is 1. The summed E-state index contributed by atoms with van der Waals surface area (Å²) in [5, 5.41) is -1.31. The number of methoxy groups -OCH3 is 1. The Morgan fingerprint density at radius 2 is 1.74 bits per heavy atom. The second-order valence-electron chi connectivity index (χ2n) is 6.12. The van der Waals surface area contributed by atoms with Crippen LogP contribution in [0.2, 0.25) is 0 Å². The summed E-state index contributed by atoms with van der Waals surface area (Å²) in [5.41, 5.74) is 1.36. The van der Waals surface area contributed by atoms with Crippen LogP contribution in [0.5, 0.6) is 0 Å². The van der Waals surface area contributed by atoms with Gasteiger partial charge in [-0.25, -0.2) is 8.42 Å². The van der Waals surface area contributed by atoms with Crippen molar-refractivity contribution >= 4 is 15.8 Å². The summed E-state index contributed by atoms with van der Waals surface area (Å²) >= 11 is 0. The minimum Gasteiger partial charge on any atom is -0.468 e. The third-order valence-electron chi connectivity index (χ3n) is 3.82. The van der Waals surface area contributed by atoms with Crippen molar-refractivity contribution in [1.29, 1.82) is 0 Å². The molecule has 0 saturated carbocycles. The summed E-state index contributed by atoms with van der Waals surface area (Å²) < 4.78 is 39.6. The van der Waals surface area contributed by atoms with E-state index in [0.29, 0.717) is 18.8 Å². The summed E-state index contributed by atoms with van der Waals surface area (Å²) in [6, 6.07) is 6.87. The van der Waals surface area contributed by atoms with Gasteiger partial charge in [-0.2, -0.15) is 0 Å². The molecule has 2 rings (SSSR count). The highest BCUT2D eigenvalue weighted by Crippen LogP contribution is 2.29. The molecule has 0 aliphatic carbocycles. The summed E-state index contributed by atoms with van der Waals surface area (Å²) in [6.45, 7) is 4.77. The lowest BCUT2D eigenvalue weighted by atomic mass is 9.97. The van der Waals surface area contributed by atoms with E-state index >= 15 is 0 Å². The van der Waals surface area contributed by atoms with Crippen molar-refractivity contribution < 1.29 is 27.4 Å². The molecule has 128 valence electrons. The third kappa shape index (κ3) is 4.31. The lowest BCUT2D eigenvalue weighted by Crippen LogP contribution is -2.38. The van der Waals surface area contributed by atoms with Crippen LogP contribution in [0.15, 0.2) is 24.3 Å². The number of sulfone groups is 1. The lowest BCUT2D eigenvalue weighted by molar-refractivity contribution is -0.251. The predicted molar refractivity (Wildman–Crippen MR) is 84.8 cm³/mol. The van der Waals surface area contributed by atoms with Crippen molar-refractivity contribution in [2.75, 3.05) is 26.6 Å². The van der Waals surface area contributed by atoms with Gasteiger partial charge in [0.05, 0.1) is 20.3 Å². The molecular formula is C16H22O6S. The predicted octanol–water partition coefficient (Wildman–Crippen LogP) is 1.81. The highest BCUT2D eigenvalue weighted by molar-refractivity contribution is 7.91. The van der Waals surface area contributed by atoms with Crippen molar-refractivity contribution in [1.82, 2.24) is 0 Å². The van der Waals surface area contributed by atoms with E-state index in [9.17, 15) is 13.2 Å². The SMILES string of the molecule is COC(=O)C(c1ccc(C2COC(C)(C)OC2)cc1)S(C)(=O)=O. The van der Waals surface area contributed by atoms with Crippen molar-refractivity contribution in [2.45, 2.75) is 30.8 Å². The van der Waals surface area contributed by atoms with Crippen LogP contribution in [0.3, 0.4) is 0 Å². The van der Waals surface area contributed by atoms with Gasteiger partial charge >= 0.3 is 5.97 Å². The zero-order chi connectivity index (χ0) is 17.3. The highest BCUT2D eigenvalue weighted by atomic mass is 32.2. The summed E-state index contributed by atoms with van der Waals surface area (Å²) in [5.74, 6) is -1.29. The monoisotopic (exact) mass is 342 g/mol. The lowest BCUT2D eigenvalue weighted by Gasteiger charge is -2.35. The molecule has 1 aromatic rings. The Bertz CT molecular complexity index is 652. The van der Waals surface area contributed by atoms with Crippen LogP contribution in [0.1, 0.15) is 36.1 Å². The largest absolute Gasteiger partial charge is 0.468 e. The normalized spacial score (nSPS) is 20.0. The molecule has 1 aromatic carbocycles. The van der Waals surface area contributed by atoms with Crippen molar-refractivity contribution in [3.63, 3.8) is 0 Å². The topological polar surface area (TPSA) is 78.9 Å². The van der Waals surface area contributed by atoms with Crippen molar-refractivity contribution in [3.05, 3.63) is 35.4 Å². The van der Waals surface area contributed by atoms with E-state index in [4.69, 9.17) is 9.47 Å². The molecule has 0 spiro atoms. The molecule has 0 bridgehead atoms. The van der Waals surface area contributed by atoms with Gasteiger partial charge in [-0.3, -0.25) is 4.79 Å². The summed E-state index contributed by atoms with van der Waals surface area (Å²) in [4.78, 5) is 11.8. The van der Waals surface area contributed by atoms with Gasteiger partial charge in [-0.05, 0) is 25.0 Å². The first-order chi connectivity index (χ1) is 10.6. The van der Waals surface area contributed by atoms with E-state index in [1.165, 1.54) is 7.11 Å². The van der Waals surface area contributed by atoms with E-state index in [0.717, 1.165) is 11.8 Å². The van der Waals surface area contributed by atoms with Crippen molar-refractivity contribution in [2.24, 2.45) is 0 Å². The number of hydrogen-bond donors (Lipinski definition) is 0. The molecule has 1 aliphatic heterocycles. The fourth-order valence-electron chi connectivity index (χ4n) is 2.49. The Kier molecular flexibility index (Phi) is 5.13. The molecular weight excluding hydrogens is 320 g/mol. The fourth-order valence-corrected chi connectivity index (χ4v) is 3.59. The Hall–Kier alpha value is -1.44. The maximum Gasteiger partial charge on any atom is 0.328 e. The highest BCUT2D eigenvalue weighted by Gasteiger charge is 2.33. The van der Waals surface area contributed by atoms with Crippen LogP contribution < -0.4 is 0 Å². The molecule has 23 heavy (non-hydrogen) atoms. The number of benzene rings is 1. The molecule has 1 aliphatic rings. The first-order valence-electron chi connectivity index (χ1n) is 7.28. The van der Waals surface area contributed by atoms with Crippen molar-refractivity contribution in [3.8, 4) is 0 Å². The van der Waals surface area contributed by atoms with Gasteiger partial charge < -0.3 is 14.2 Å². The Labute approximate surface area is 136 Å². The van der Waals surface area contributed by atoms with Crippen LogP contribution in [0, 0.1) is 0 Å². The van der Waals surface area contributed by atoms with Gasteiger partial charge in [0.15, 0.2) is 20.9 Å². The third-order valence-corrected chi connectivity index (χ3v) is 5.14. The summed E-state index contributed by atoms with van der Waals surface area (Å²) in [7, 11) is -2.43. The molecule has 1 fully saturated rings. The molecule has 7 heteroatoms. The second-order valence-corrected chi connectivity index (χ2v) is 8.25. The number of carbonyl (C=O) groups is 1. The van der Waals surface area contributed by atoms with E-state index in [1.807, 2.05) is 13.8 Å². The molecule has 1 heterocycles. The number of hydrogen-bond acceptors (Lipinski definition) is 6. The maximum atomic E-state index is 11.8. The number of carbonyl (C=O) groups excluding carboxylic acids is 1. The molecule has 1 atom stereocenters. The average Bonchev–Trinajstić information content (AvgIpc) is 2.47. The standard InChI is InChI=1S/C16H22O6S/c1-16(2)21-9-13(10-22-16)11-5-7-12(8-6-11)14(15(17)20-3)23(4,18)19/h5-8,13-14H,9-10H2,1-4H3. The van der Waals surface area contributed by atoms with Crippen LogP contribution in [0.4, 0.5) is 0 Å². The zero-order valence-electron chi connectivity index (χ0n) is 13.7. The molecule has 0 radical (unpaired) electrons. The van der Waals surface area contributed by atoms with Gasteiger partial charge in [-0.15, -0.1) is 0 Å². The van der Waals surface area contributed by atoms with Gasteiger partial charge in [0, 0.05) is 12.2 Å². The van der Waals surface area contributed by atoms with Gasteiger partial charge in [0.25, 0.3) is 0 Å². The second kappa shape index (κ2) is 6.59. The molecule has 0 amide bonds. The van der Waals surface area contributed by atoms with Crippen LogP contribution in [0.25, 0.3) is 0 Å². The maximum absolute atomic E-state index is 11.8. The Balaban J connectivity index is 2.20. The van der Waals surface area contributed by atoms with Crippen LogP contribution in [-0.4, -0.2) is 46.8 Å². The van der Waals surface area contributed by atoms with E-state index in [1.54, 1.807) is 24.3 Å². The van der Waals surface area contributed by atoms with Crippen LogP contribution in [-0.2, 0) is 28.8 Å². The average molecular weight is 342 g/mol. The molecule has 6 nitrogen and oxygen atoms in total. The molecule has 1 unspecified atom stereocenters. The number of rotatable bonds is 4. The van der Waals surface area contributed by atoms with Gasteiger partial charge in [0.2, 0.25) is 0 Å². The molecule has 1 saturated heterocycles. The quantitative estimate of drug-likeness (QED) is 0.777. The number of ether oxygens (including phenoxy) is 3. The summed E-state index contributed by atoms with van der Waals surface area (Å²) in [6.07, 6.45) is 1.02. The van der Waals surface area contributed by atoms with E-state index in [2.05, 4.69) is 4.74 Å². The minimum absolute atomic E-state index is 0.0758. The molecule has 0 N–H and O–H groups in total. The molecule has 0 aromatic heterocycles. The smallest absolute Gasteiger partial charge is 0.328 e. The fraction of sp³-hybridized carbons (Fsp3) is 0.562. The van der Waals surface area contributed by atoms with E-state index < -0.39 is 26.8 Å². The zero-order valence-corrected chi connectivity index (χ0v) is 14.6. The minimum atomic E-state index is -3.61. The first-order valence-corrected chi connectivity index (χ1v) is 9.24. The van der Waals surface area contributed by atoms with Gasteiger partial charge in [-0.1, -0.05) is 24.3 Å². The first kappa shape index (κ1) is 17.9.